The van der Waals surface area contributed by atoms with Crippen LogP contribution in [0, 0.1) is 5.41 Å². The predicted octanol–water partition coefficient (Wildman–Crippen LogP) is 5.72. The highest BCUT2D eigenvalue weighted by Crippen LogP contribution is 2.18. The number of carbonyl (C=O) groups is 4. The maximum absolute atomic E-state index is 12.7. The van der Waals surface area contributed by atoms with Crippen molar-refractivity contribution in [2.75, 3.05) is 11.5 Å². The number of thioether (sulfide) groups is 1. The van der Waals surface area contributed by atoms with Gasteiger partial charge in [-0.15, -0.1) is 0 Å². The highest BCUT2D eigenvalue weighted by Gasteiger charge is 2.26. The zero-order valence-corrected chi connectivity index (χ0v) is 24.5. The van der Waals surface area contributed by atoms with Gasteiger partial charge in [-0.25, -0.2) is 0 Å². The van der Waals surface area contributed by atoms with Crippen molar-refractivity contribution < 1.29 is 19.2 Å². The Morgan fingerprint density at radius 3 is 1.94 bits per heavy atom. The molecule has 0 bridgehead atoms. The summed E-state index contributed by atoms with van der Waals surface area (Å²) in [6, 6.07) is -1.65. The third kappa shape index (κ3) is 18.2. The molecule has 2 atom stereocenters. The molecule has 0 rings (SSSR count). The smallest absolute Gasteiger partial charge is 0.243 e. The first-order valence-corrected chi connectivity index (χ1v) is 14.0. The van der Waals surface area contributed by atoms with Crippen LogP contribution in [0.1, 0.15) is 93.9 Å². The Bertz CT molecular complexity index is 818. The van der Waals surface area contributed by atoms with E-state index in [4.69, 9.17) is 0 Å². The molecule has 0 fully saturated rings. The van der Waals surface area contributed by atoms with Crippen LogP contribution in [0.15, 0.2) is 34.9 Å². The van der Waals surface area contributed by atoms with Crippen LogP contribution < -0.4 is 10.6 Å². The lowest BCUT2D eigenvalue weighted by molar-refractivity contribution is -0.132. The normalized spacial score (nSPS) is 14.0. The second-order valence-electron chi connectivity index (χ2n) is 10.9. The van der Waals surface area contributed by atoms with Gasteiger partial charge in [0.05, 0.1) is 6.04 Å². The zero-order chi connectivity index (χ0) is 27.7. The number of rotatable bonds is 17. The summed E-state index contributed by atoms with van der Waals surface area (Å²) in [5.74, 6) is 0.212. The fourth-order valence-electron chi connectivity index (χ4n) is 3.31. The Morgan fingerprint density at radius 2 is 1.42 bits per heavy atom. The Morgan fingerprint density at radius 1 is 0.833 bits per heavy atom. The second kappa shape index (κ2) is 18.1. The van der Waals surface area contributed by atoms with Crippen molar-refractivity contribution >= 4 is 35.6 Å². The molecular formula is C29H48N2O4S. The zero-order valence-electron chi connectivity index (χ0n) is 23.7. The number of carbonyl (C=O) groups excluding carboxylic acids is 4. The maximum Gasteiger partial charge on any atom is 0.243 e. The van der Waals surface area contributed by atoms with Crippen LogP contribution in [0.2, 0.25) is 0 Å². The lowest BCUT2D eigenvalue weighted by Crippen LogP contribution is -2.52. The van der Waals surface area contributed by atoms with E-state index in [1.807, 2.05) is 20.8 Å². The van der Waals surface area contributed by atoms with E-state index in [9.17, 15) is 19.2 Å². The lowest BCUT2D eigenvalue weighted by atomic mass is 9.92. The van der Waals surface area contributed by atoms with Crippen molar-refractivity contribution in [3.63, 3.8) is 0 Å². The quantitative estimate of drug-likeness (QED) is 0.145. The first-order valence-electron chi connectivity index (χ1n) is 12.8. The minimum atomic E-state index is -0.982. The molecule has 7 heteroatoms. The minimum Gasteiger partial charge on any atom is -0.344 e. The van der Waals surface area contributed by atoms with Crippen molar-refractivity contribution in [1.29, 1.82) is 0 Å². The number of aldehydes is 1. The van der Waals surface area contributed by atoms with E-state index >= 15 is 0 Å². The maximum atomic E-state index is 12.7. The van der Waals surface area contributed by atoms with E-state index in [2.05, 4.69) is 56.6 Å². The molecule has 6 nitrogen and oxygen atoms in total. The summed E-state index contributed by atoms with van der Waals surface area (Å²) >= 11 is 1.57. The molecule has 36 heavy (non-hydrogen) atoms. The van der Waals surface area contributed by atoms with Gasteiger partial charge in [0.15, 0.2) is 5.78 Å². The fourth-order valence-corrected chi connectivity index (χ4v) is 4.41. The van der Waals surface area contributed by atoms with Crippen molar-refractivity contribution in [2.45, 2.75) is 106 Å². The number of hydrogen-bond donors (Lipinski definition) is 2. The van der Waals surface area contributed by atoms with E-state index in [0.29, 0.717) is 12.0 Å². The predicted molar refractivity (Wildman–Crippen MR) is 152 cm³/mol. The van der Waals surface area contributed by atoms with E-state index < -0.39 is 18.0 Å². The number of Topliss-reactive ketones (excluding diaryl/α,β-unsaturated/α-hetero) is 1. The summed E-state index contributed by atoms with van der Waals surface area (Å²) in [4.78, 5) is 48.1. The number of nitrogens with one attached hydrogen (secondary N) is 2. The van der Waals surface area contributed by atoms with Gasteiger partial charge in [0.25, 0.3) is 0 Å². The molecule has 0 aliphatic rings. The molecule has 0 radical (unpaired) electrons. The summed E-state index contributed by atoms with van der Waals surface area (Å²) < 4.78 is 0. The van der Waals surface area contributed by atoms with Crippen LogP contribution in [-0.4, -0.2) is 47.5 Å². The molecule has 2 amide bonds. The Labute approximate surface area is 223 Å². The third-order valence-electron chi connectivity index (χ3n) is 5.44. The molecule has 0 aliphatic heterocycles. The van der Waals surface area contributed by atoms with Crippen LogP contribution in [-0.2, 0) is 19.2 Å². The molecule has 0 saturated carbocycles. The van der Waals surface area contributed by atoms with Gasteiger partial charge >= 0.3 is 0 Å². The Balaban J connectivity index is 4.67. The van der Waals surface area contributed by atoms with Gasteiger partial charge in [0.2, 0.25) is 11.8 Å². The minimum absolute atomic E-state index is 0.135. The molecule has 204 valence electrons. The van der Waals surface area contributed by atoms with Crippen molar-refractivity contribution in [3.05, 3.63) is 34.9 Å². The first kappa shape index (κ1) is 33.8. The average molecular weight is 521 g/mol. The molecule has 2 N–H and O–H groups in total. The molecular weight excluding hydrogens is 472 g/mol. The largest absolute Gasteiger partial charge is 0.344 e. The molecule has 0 aromatic carbocycles. The SMILES string of the molecule is CC(=O)C(CSC/C=C(\C)CC/C=C(\C)CCC=C(C)C)NC(=O)C(CC=O)NC(=O)CC(C)(C)C. The first-order chi connectivity index (χ1) is 16.7. The van der Waals surface area contributed by atoms with Crippen molar-refractivity contribution in [1.82, 2.24) is 10.6 Å². The van der Waals surface area contributed by atoms with Crippen molar-refractivity contribution in [2.24, 2.45) is 5.41 Å². The molecule has 0 aliphatic carbocycles. The molecule has 0 aromatic rings. The van der Waals surface area contributed by atoms with Crippen LogP contribution in [0.5, 0.6) is 0 Å². The summed E-state index contributed by atoms with van der Waals surface area (Å²) in [7, 11) is 0. The summed E-state index contributed by atoms with van der Waals surface area (Å²) in [6.45, 7) is 15.7. The standard InChI is InChI=1S/C29H48N2O4S/c1-21(2)11-9-12-22(3)13-10-14-23(4)16-18-36-20-26(24(5)33)31-28(35)25(15-17-32)30-27(34)19-29(6,7)8/h11,13,16-17,25-26H,9-10,12,14-15,18-20H2,1-8H3,(H,30,34)(H,31,35)/b22-13+,23-16+. The van der Waals surface area contributed by atoms with Crippen LogP contribution in [0.4, 0.5) is 0 Å². The van der Waals surface area contributed by atoms with Gasteiger partial charge < -0.3 is 15.4 Å². The average Bonchev–Trinajstić information content (AvgIpc) is 2.73. The van der Waals surface area contributed by atoms with Crippen LogP contribution in [0.3, 0.4) is 0 Å². The Kier molecular flexibility index (Phi) is 17.1. The van der Waals surface area contributed by atoms with Gasteiger partial charge in [-0.05, 0) is 65.7 Å². The highest BCUT2D eigenvalue weighted by atomic mass is 32.2. The Hall–Kier alpha value is -2.15. The van der Waals surface area contributed by atoms with Gasteiger partial charge in [-0.3, -0.25) is 14.4 Å². The summed E-state index contributed by atoms with van der Waals surface area (Å²) in [5.41, 5.74) is 3.83. The van der Waals surface area contributed by atoms with Crippen molar-refractivity contribution in [3.8, 4) is 0 Å². The molecule has 2 unspecified atom stereocenters. The van der Waals surface area contributed by atoms with Gasteiger partial charge in [0, 0.05) is 24.3 Å². The highest BCUT2D eigenvalue weighted by molar-refractivity contribution is 7.99. The van der Waals surface area contributed by atoms with E-state index in [-0.39, 0.29) is 29.9 Å². The van der Waals surface area contributed by atoms with Gasteiger partial charge in [-0.1, -0.05) is 55.7 Å². The number of hydrogen-bond acceptors (Lipinski definition) is 5. The topological polar surface area (TPSA) is 92.3 Å². The van der Waals surface area contributed by atoms with Crippen LogP contribution >= 0.6 is 11.8 Å². The summed E-state index contributed by atoms with van der Waals surface area (Å²) in [5, 5.41) is 5.34. The van der Waals surface area contributed by atoms with Gasteiger partial charge in [0.1, 0.15) is 12.3 Å². The van der Waals surface area contributed by atoms with Gasteiger partial charge in [-0.2, -0.15) is 11.8 Å². The monoisotopic (exact) mass is 520 g/mol. The fraction of sp³-hybridized carbons (Fsp3) is 0.655. The molecule has 0 aromatic heterocycles. The molecule has 0 spiro atoms. The number of amides is 2. The molecule has 0 heterocycles. The van der Waals surface area contributed by atoms with Crippen LogP contribution in [0.25, 0.3) is 0 Å². The summed E-state index contributed by atoms with van der Waals surface area (Å²) in [6.07, 6.45) is 11.6. The third-order valence-corrected chi connectivity index (χ3v) is 6.41. The van der Waals surface area contributed by atoms with E-state index in [1.165, 1.54) is 23.6 Å². The molecule has 0 saturated heterocycles. The van der Waals surface area contributed by atoms with E-state index in [0.717, 1.165) is 31.4 Å². The number of ketones is 1. The van der Waals surface area contributed by atoms with E-state index in [1.54, 1.807) is 11.8 Å². The second-order valence-corrected chi connectivity index (χ2v) is 12.0. The number of allylic oxidation sites excluding steroid dienone is 5. The lowest BCUT2D eigenvalue weighted by Gasteiger charge is -2.23.